The van der Waals surface area contributed by atoms with Crippen LogP contribution in [-0.4, -0.2) is 54.4 Å². The van der Waals surface area contributed by atoms with E-state index in [0.717, 1.165) is 61.8 Å². The fourth-order valence-corrected chi connectivity index (χ4v) is 4.05. The Morgan fingerprint density at radius 1 is 1.28 bits per heavy atom. The number of rotatable bonds is 3. The molecule has 2 aliphatic rings. The molecule has 3 rings (SSSR count). The lowest BCUT2D eigenvalue weighted by Crippen LogP contribution is -2.38. The van der Waals surface area contributed by atoms with E-state index in [2.05, 4.69) is 10.6 Å². The van der Waals surface area contributed by atoms with Gasteiger partial charge in [0, 0.05) is 42.4 Å². The molecule has 2 aliphatic heterocycles. The molecule has 1 unspecified atom stereocenters. The molecule has 0 aromatic heterocycles. The number of halogens is 1. The molecule has 0 aliphatic carbocycles. The maximum atomic E-state index is 12.6. The molecule has 2 N–H and O–H groups in total. The van der Waals surface area contributed by atoms with E-state index < -0.39 is 0 Å². The highest BCUT2D eigenvalue weighted by Crippen LogP contribution is 2.21. The Balaban J connectivity index is 0.00000225. The maximum absolute atomic E-state index is 12.6. The van der Waals surface area contributed by atoms with Crippen LogP contribution in [0.25, 0.3) is 0 Å². The van der Waals surface area contributed by atoms with Crippen molar-refractivity contribution in [3.05, 3.63) is 29.3 Å². The fourth-order valence-electron chi connectivity index (χ4n) is 3.15. The first-order valence-electron chi connectivity index (χ1n) is 8.64. The van der Waals surface area contributed by atoms with Crippen molar-refractivity contribution < 1.29 is 9.59 Å². The van der Waals surface area contributed by atoms with Crippen LogP contribution in [0.5, 0.6) is 0 Å². The molecule has 1 aromatic rings. The van der Waals surface area contributed by atoms with Crippen molar-refractivity contribution in [1.82, 2.24) is 10.2 Å². The fraction of sp³-hybridized carbons (Fsp3) is 0.556. The number of hydrogen-bond donors (Lipinski definition) is 2. The van der Waals surface area contributed by atoms with Gasteiger partial charge in [0.05, 0.1) is 5.92 Å². The molecule has 0 bridgehead atoms. The third kappa shape index (κ3) is 5.12. The normalized spacial score (nSPS) is 20.5. The first kappa shape index (κ1) is 20.1. The van der Waals surface area contributed by atoms with Crippen LogP contribution in [0.2, 0.25) is 0 Å². The van der Waals surface area contributed by atoms with Crippen molar-refractivity contribution >= 4 is 41.7 Å². The second-order valence-electron chi connectivity index (χ2n) is 6.47. The minimum Gasteiger partial charge on any atom is -0.337 e. The molecule has 1 atom stereocenters. The second kappa shape index (κ2) is 9.46. The molecule has 0 radical (unpaired) electrons. The summed E-state index contributed by atoms with van der Waals surface area (Å²) in [5.74, 6) is 2.11. The summed E-state index contributed by atoms with van der Waals surface area (Å²) in [7, 11) is 0. The van der Waals surface area contributed by atoms with Crippen LogP contribution in [0.15, 0.2) is 18.2 Å². The zero-order chi connectivity index (χ0) is 16.9. The van der Waals surface area contributed by atoms with Gasteiger partial charge >= 0.3 is 0 Å². The Hall–Kier alpha value is -1.24. The molecule has 138 valence electrons. The Bertz CT molecular complexity index is 614. The Morgan fingerprint density at radius 2 is 2.04 bits per heavy atom. The lowest BCUT2D eigenvalue weighted by atomic mass is 9.98. The minimum absolute atomic E-state index is 0. The molecule has 2 heterocycles. The molecule has 1 aromatic carbocycles. The molecule has 0 saturated carbocycles. The predicted octanol–water partition coefficient (Wildman–Crippen LogP) is 2.54. The molecule has 2 saturated heterocycles. The summed E-state index contributed by atoms with van der Waals surface area (Å²) >= 11 is 1.88. The SMILES string of the molecule is Cc1ccc(C(=O)N2CCSCC2)cc1NC(=O)C1CCCNC1.Cl. The lowest BCUT2D eigenvalue weighted by Gasteiger charge is -2.27. The first-order chi connectivity index (χ1) is 11.6. The van der Waals surface area contributed by atoms with Gasteiger partial charge in [-0.2, -0.15) is 11.8 Å². The van der Waals surface area contributed by atoms with Gasteiger partial charge in [0.15, 0.2) is 0 Å². The van der Waals surface area contributed by atoms with E-state index in [0.29, 0.717) is 5.56 Å². The van der Waals surface area contributed by atoms with E-state index in [1.54, 1.807) is 0 Å². The zero-order valence-corrected chi connectivity index (χ0v) is 16.2. The number of benzene rings is 1. The molecule has 2 fully saturated rings. The van der Waals surface area contributed by atoms with Gasteiger partial charge in [-0.05, 0) is 44.0 Å². The maximum Gasteiger partial charge on any atom is 0.253 e. The van der Waals surface area contributed by atoms with Crippen LogP contribution < -0.4 is 10.6 Å². The largest absolute Gasteiger partial charge is 0.337 e. The number of thioether (sulfide) groups is 1. The first-order valence-corrected chi connectivity index (χ1v) is 9.80. The van der Waals surface area contributed by atoms with Crippen molar-refractivity contribution in [2.24, 2.45) is 5.92 Å². The Kier molecular flexibility index (Phi) is 7.59. The number of carbonyl (C=O) groups is 2. The molecule has 7 heteroatoms. The quantitative estimate of drug-likeness (QED) is 0.842. The number of carbonyl (C=O) groups excluding carboxylic acids is 2. The summed E-state index contributed by atoms with van der Waals surface area (Å²) in [5.41, 5.74) is 2.39. The third-order valence-electron chi connectivity index (χ3n) is 4.71. The third-order valence-corrected chi connectivity index (χ3v) is 5.65. The molecule has 25 heavy (non-hydrogen) atoms. The molecule has 2 amide bonds. The molecule has 5 nitrogen and oxygen atoms in total. The van der Waals surface area contributed by atoms with E-state index in [-0.39, 0.29) is 30.1 Å². The van der Waals surface area contributed by atoms with Gasteiger partial charge in [-0.15, -0.1) is 12.4 Å². The smallest absolute Gasteiger partial charge is 0.253 e. The van der Waals surface area contributed by atoms with Crippen molar-refractivity contribution in [2.75, 3.05) is 43.0 Å². The number of aryl methyl sites for hydroxylation is 1. The van der Waals surface area contributed by atoms with Crippen molar-refractivity contribution in [3.63, 3.8) is 0 Å². The zero-order valence-electron chi connectivity index (χ0n) is 14.5. The Morgan fingerprint density at radius 3 is 2.72 bits per heavy atom. The monoisotopic (exact) mass is 383 g/mol. The topological polar surface area (TPSA) is 61.4 Å². The van der Waals surface area contributed by atoms with Crippen LogP contribution in [0, 0.1) is 12.8 Å². The van der Waals surface area contributed by atoms with E-state index >= 15 is 0 Å². The van der Waals surface area contributed by atoms with Gasteiger partial charge in [-0.25, -0.2) is 0 Å². The lowest BCUT2D eigenvalue weighted by molar-refractivity contribution is -0.120. The second-order valence-corrected chi connectivity index (χ2v) is 7.69. The van der Waals surface area contributed by atoms with Gasteiger partial charge in [-0.1, -0.05) is 6.07 Å². The standard InChI is InChI=1S/C18H25N3O2S.ClH/c1-13-4-5-14(18(23)21-7-9-24-10-8-21)11-16(13)20-17(22)15-3-2-6-19-12-15;/h4-5,11,15,19H,2-3,6-10,12H2,1H3,(H,20,22);1H. The summed E-state index contributed by atoms with van der Waals surface area (Å²) in [6, 6.07) is 5.60. The van der Waals surface area contributed by atoms with E-state index in [9.17, 15) is 9.59 Å². The molecular weight excluding hydrogens is 358 g/mol. The number of piperidine rings is 1. The highest BCUT2D eigenvalue weighted by Gasteiger charge is 2.23. The van der Waals surface area contributed by atoms with Gasteiger partial charge < -0.3 is 15.5 Å². The Labute approximate surface area is 159 Å². The van der Waals surface area contributed by atoms with E-state index in [1.807, 2.05) is 41.8 Å². The predicted molar refractivity (Wildman–Crippen MR) is 106 cm³/mol. The van der Waals surface area contributed by atoms with Gasteiger partial charge in [0.1, 0.15) is 0 Å². The number of amides is 2. The molecular formula is C18H26ClN3O2S. The average molecular weight is 384 g/mol. The average Bonchev–Trinajstić information content (AvgIpc) is 2.64. The van der Waals surface area contributed by atoms with Crippen molar-refractivity contribution in [2.45, 2.75) is 19.8 Å². The molecule has 0 spiro atoms. The van der Waals surface area contributed by atoms with Gasteiger partial charge in [0.2, 0.25) is 5.91 Å². The van der Waals surface area contributed by atoms with Crippen LogP contribution >= 0.6 is 24.2 Å². The summed E-state index contributed by atoms with van der Waals surface area (Å²) in [5, 5.41) is 6.29. The number of nitrogens with one attached hydrogen (secondary N) is 2. The van der Waals surface area contributed by atoms with Crippen LogP contribution in [0.4, 0.5) is 5.69 Å². The van der Waals surface area contributed by atoms with Crippen molar-refractivity contribution in [1.29, 1.82) is 0 Å². The summed E-state index contributed by atoms with van der Waals surface area (Å²) in [6.45, 7) is 5.27. The van der Waals surface area contributed by atoms with E-state index in [4.69, 9.17) is 0 Å². The summed E-state index contributed by atoms with van der Waals surface area (Å²) < 4.78 is 0. The number of nitrogens with zero attached hydrogens (tertiary/aromatic N) is 1. The van der Waals surface area contributed by atoms with E-state index in [1.165, 1.54) is 0 Å². The minimum atomic E-state index is 0. The van der Waals surface area contributed by atoms with Crippen LogP contribution in [0.1, 0.15) is 28.8 Å². The summed E-state index contributed by atoms with van der Waals surface area (Å²) in [4.78, 5) is 27.0. The highest BCUT2D eigenvalue weighted by atomic mass is 35.5. The summed E-state index contributed by atoms with van der Waals surface area (Å²) in [6.07, 6.45) is 1.95. The highest BCUT2D eigenvalue weighted by molar-refractivity contribution is 7.99. The number of anilines is 1. The number of hydrogen-bond acceptors (Lipinski definition) is 4. The van der Waals surface area contributed by atoms with Gasteiger partial charge in [-0.3, -0.25) is 9.59 Å². The van der Waals surface area contributed by atoms with Gasteiger partial charge in [0.25, 0.3) is 5.91 Å². The van der Waals surface area contributed by atoms with Crippen molar-refractivity contribution in [3.8, 4) is 0 Å². The van der Waals surface area contributed by atoms with Crippen LogP contribution in [0.3, 0.4) is 0 Å². The van der Waals surface area contributed by atoms with Crippen LogP contribution in [-0.2, 0) is 4.79 Å².